The minimum Gasteiger partial charge on any atom is -0.497 e. The summed E-state index contributed by atoms with van der Waals surface area (Å²) in [7, 11) is 3.29. The molecule has 0 radical (unpaired) electrons. The summed E-state index contributed by atoms with van der Waals surface area (Å²) >= 11 is 0. The molecule has 1 saturated heterocycles. The highest BCUT2D eigenvalue weighted by Crippen LogP contribution is 2.26. The molecule has 2 heterocycles. The van der Waals surface area contributed by atoms with Gasteiger partial charge in [0, 0.05) is 51.1 Å². The maximum atomic E-state index is 9.57. The molecular weight excluding hydrogens is 356 g/mol. The fourth-order valence-corrected chi connectivity index (χ4v) is 3.64. The predicted octanol–water partition coefficient (Wildman–Crippen LogP) is 2.04. The number of pyridine rings is 1. The van der Waals surface area contributed by atoms with E-state index < -0.39 is 0 Å². The average molecular weight is 382 g/mol. The van der Waals surface area contributed by atoms with Crippen LogP contribution in [0.2, 0.25) is 0 Å². The lowest BCUT2D eigenvalue weighted by molar-refractivity contribution is 0.135. The molecule has 28 heavy (non-hydrogen) atoms. The van der Waals surface area contributed by atoms with Crippen molar-refractivity contribution in [1.29, 1.82) is 5.26 Å². The zero-order valence-electron chi connectivity index (χ0n) is 16.3. The molecule has 0 bridgehead atoms. The van der Waals surface area contributed by atoms with Crippen molar-refractivity contribution in [2.24, 2.45) is 0 Å². The van der Waals surface area contributed by atoms with Gasteiger partial charge in [0.05, 0.1) is 19.8 Å². The molecule has 1 atom stereocenters. The fourth-order valence-electron chi connectivity index (χ4n) is 3.64. The summed E-state index contributed by atoms with van der Waals surface area (Å²) in [5, 5.41) is 18.9. The number of piperazine rings is 1. The van der Waals surface area contributed by atoms with Gasteiger partial charge in [-0.1, -0.05) is 0 Å². The second-order valence-corrected chi connectivity index (χ2v) is 6.79. The Morgan fingerprint density at radius 3 is 2.61 bits per heavy atom. The highest BCUT2D eigenvalue weighted by Gasteiger charge is 2.28. The van der Waals surface area contributed by atoms with Crippen LogP contribution in [-0.2, 0) is 6.54 Å². The largest absolute Gasteiger partial charge is 0.497 e. The van der Waals surface area contributed by atoms with Crippen molar-refractivity contribution >= 4 is 5.82 Å². The van der Waals surface area contributed by atoms with Crippen LogP contribution in [0.3, 0.4) is 0 Å². The van der Waals surface area contributed by atoms with Gasteiger partial charge in [0.2, 0.25) is 0 Å². The number of aliphatic hydroxyl groups is 1. The van der Waals surface area contributed by atoms with Crippen LogP contribution < -0.4 is 14.4 Å². The fraction of sp³-hybridized carbons (Fsp3) is 0.429. The van der Waals surface area contributed by atoms with Crippen molar-refractivity contribution in [2.45, 2.75) is 19.0 Å². The number of aliphatic hydroxyl groups excluding tert-OH is 1. The van der Waals surface area contributed by atoms with E-state index in [0.29, 0.717) is 18.5 Å². The van der Waals surface area contributed by atoms with Gasteiger partial charge in [0.25, 0.3) is 0 Å². The summed E-state index contributed by atoms with van der Waals surface area (Å²) in [5.74, 6) is 2.24. The molecule has 0 saturated carbocycles. The molecule has 1 aliphatic heterocycles. The first kappa shape index (κ1) is 19.9. The normalized spacial score (nSPS) is 17.2. The standard InChI is InChI=1S/C21H26N4O3/c1-27-19-10-16(11-20(12-19)28-2)14-24-7-8-25(15-18(24)5-9-26)21-17(13-22)4-3-6-23-21/h3-4,6,10-12,18,26H,5,7-9,14-15H2,1-2H3/t18-/m0/s1. The van der Waals surface area contributed by atoms with Crippen molar-refractivity contribution in [3.8, 4) is 17.6 Å². The van der Waals surface area contributed by atoms with Gasteiger partial charge in [-0.3, -0.25) is 4.90 Å². The monoisotopic (exact) mass is 382 g/mol. The highest BCUT2D eigenvalue weighted by molar-refractivity contribution is 5.54. The molecule has 148 valence electrons. The second-order valence-electron chi connectivity index (χ2n) is 6.79. The molecule has 0 unspecified atom stereocenters. The van der Waals surface area contributed by atoms with E-state index in [1.165, 1.54) is 0 Å². The Morgan fingerprint density at radius 1 is 1.21 bits per heavy atom. The first-order valence-electron chi connectivity index (χ1n) is 9.35. The third-order valence-electron chi connectivity index (χ3n) is 5.07. The number of rotatable bonds is 7. The molecule has 1 fully saturated rings. The second kappa shape index (κ2) is 9.40. The molecule has 1 N–H and O–H groups in total. The smallest absolute Gasteiger partial charge is 0.146 e. The van der Waals surface area contributed by atoms with Gasteiger partial charge in [-0.25, -0.2) is 4.98 Å². The van der Waals surface area contributed by atoms with E-state index in [-0.39, 0.29) is 12.6 Å². The van der Waals surface area contributed by atoms with E-state index in [4.69, 9.17) is 9.47 Å². The number of hydrogen-bond acceptors (Lipinski definition) is 7. The van der Waals surface area contributed by atoms with E-state index in [9.17, 15) is 10.4 Å². The summed E-state index contributed by atoms with van der Waals surface area (Å²) in [6.45, 7) is 3.15. The minimum atomic E-state index is 0.115. The van der Waals surface area contributed by atoms with Gasteiger partial charge >= 0.3 is 0 Å². The number of nitrogens with zero attached hydrogens (tertiary/aromatic N) is 4. The summed E-state index contributed by atoms with van der Waals surface area (Å²) in [5.41, 5.74) is 1.68. The predicted molar refractivity (Wildman–Crippen MR) is 107 cm³/mol. The number of ether oxygens (including phenoxy) is 2. The van der Waals surface area contributed by atoms with Gasteiger partial charge in [0.1, 0.15) is 23.4 Å². The Hall–Kier alpha value is -2.82. The van der Waals surface area contributed by atoms with E-state index in [2.05, 4.69) is 20.9 Å². The number of benzene rings is 1. The molecule has 1 aliphatic rings. The Kier molecular flexibility index (Phi) is 6.69. The van der Waals surface area contributed by atoms with Crippen LogP contribution >= 0.6 is 0 Å². The lowest BCUT2D eigenvalue weighted by Gasteiger charge is -2.42. The van der Waals surface area contributed by atoms with Crippen LogP contribution in [0.15, 0.2) is 36.5 Å². The number of anilines is 1. The Balaban J connectivity index is 1.78. The zero-order chi connectivity index (χ0) is 19.9. The lowest BCUT2D eigenvalue weighted by Crippen LogP contribution is -2.53. The van der Waals surface area contributed by atoms with Gasteiger partial charge < -0.3 is 19.5 Å². The molecule has 1 aromatic heterocycles. The third kappa shape index (κ3) is 4.53. The number of hydrogen-bond donors (Lipinski definition) is 1. The Morgan fingerprint density at radius 2 is 1.96 bits per heavy atom. The summed E-state index contributed by atoms with van der Waals surface area (Å²) < 4.78 is 10.8. The van der Waals surface area contributed by atoms with Crippen LogP contribution in [-0.4, -0.2) is 61.5 Å². The summed E-state index contributed by atoms with van der Waals surface area (Å²) in [4.78, 5) is 8.91. The average Bonchev–Trinajstić information content (AvgIpc) is 2.74. The maximum absolute atomic E-state index is 9.57. The SMILES string of the molecule is COc1cc(CN2CCN(c3ncccc3C#N)C[C@@H]2CCO)cc(OC)c1. The molecule has 3 rings (SSSR count). The van der Waals surface area contributed by atoms with Crippen LogP contribution in [0.5, 0.6) is 11.5 Å². The van der Waals surface area contributed by atoms with Gasteiger partial charge in [-0.05, 0) is 36.2 Å². The first-order chi connectivity index (χ1) is 13.7. The van der Waals surface area contributed by atoms with E-state index in [1.807, 2.05) is 18.2 Å². The van der Waals surface area contributed by atoms with Crippen LogP contribution in [0.4, 0.5) is 5.82 Å². The molecule has 0 spiro atoms. The minimum absolute atomic E-state index is 0.115. The van der Waals surface area contributed by atoms with E-state index >= 15 is 0 Å². The van der Waals surface area contributed by atoms with Crippen molar-refractivity contribution in [3.05, 3.63) is 47.7 Å². The topological polar surface area (TPSA) is 81.9 Å². The molecule has 1 aromatic carbocycles. The molecule has 2 aromatic rings. The van der Waals surface area contributed by atoms with Crippen molar-refractivity contribution in [2.75, 3.05) is 45.4 Å². The van der Waals surface area contributed by atoms with Crippen LogP contribution in [0, 0.1) is 11.3 Å². The van der Waals surface area contributed by atoms with Gasteiger partial charge in [-0.2, -0.15) is 5.26 Å². The maximum Gasteiger partial charge on any atom is 0.146 e. The van der Waals surface area contributed by atoms with E-state index in [1.54, 1.807) is 32.5 Å². The number of methoxy groups -OCH3 is 2. The summed E-state index contributed by atoms with van der Waals surface area (Å²) in [6.07, 6.45) is 2.37. The molecular formula is C21H26N4O3. The first-order valence-corrected chi connectivity index (χ1v) is 9.35. The quantitative estimate of drug-likeness (QED) is 0.785. The number of nitriles is 1. The molecule has 0 aliphatic carbocycles. The van der Waals surface area contributed by atoms with Crippen molar-refractivity contribution < 1.29 is 14.6 Å². The Labute approximate surface area is 165 Å². The number of aromatic nitrogens is 1. The van der Waals surface area contributed by atoms with E-state index in [0.717, 1.165) is 42.5 Å². The highest BCUT2D eigenvalue weighted by atomic mass is 16.5. The lowest BCUT2D eigenvalue weighted by atomic mass is 10.1. The molecule has 0 amide bonds. The third-order valence-corrected chi connectivity index (χ3v) is 5.07. The van der Waals surface area contributed by atoms with Crippen LogP contribution in [0.1, 0.15) is 17.5 Å². The van der Waals surface area contributed by atoms with Crippen molar-refractivity contribution in [1.82, 2.24) is 9.88 Å². The van der Waals surface area contributed by atoms with Gasteiger partial charge in [-0.15, -0.1) is 0 Å². The van der Waals surface area contributed by atoms with Crippen LogP contribution in [0.25, 0.3) is 0 Å². The summed E-state index contributed by atoms with van der Waals surface area (Å²) in [6, 6.07) is 11.8. The molecule has 7 nitrogen and oxygen atoms in total. The molecule has 7 heteroatoms. The Bertz CT molecular complexity index is 814. The van der Waals surface area contributed by atoms with Gasteiger partial charge in [0.15, 0.2) is 0 Å². The van der Waals surface area contributed by atoms with Crippen molar-refractivity contribution in [3.63, 3.8) is 0 Å². The zero-order valence-corrected chi connectivity index (χ0v) is 16.3.